The summed E-state index contributed by atoms with van der Waals surface area (Å²) in [6.07, 6.45) is 2.92. The number of aromatic nitrogens is 2. The Bertz CT molecular complexity index is 794. The average Bonchev–Trinajstić information content (AvgIpc) is 2.90. The Kier molecular flexibility index (Phi) is 2.89. The fourth-order valence-electron chi connectivity index (χ4n) is 3.02. The Balaban J connectivity index is 1.71. The Labute approximate surface area is 123 Å². The molecular formula is C17H17N3O. The lowest BCUT2D eigenvalue weighted by molar-refractivity contribution is 0.0291. The number of hydrogen-bond acceptors (Lipinski definition) is 3. The molecule has 1 aliphatic heterocycles. The Morgan fingerprint density at radius 2 is 2.14 bits per heavy atom. The van der Waals surface area contributed by atoms with Crippen LogP contribution in [0.1, 0.15) is 17.2 Å². The van der Waals surface area contributed by atoms with Gasteiger partial charge in [0.1, 0.15) is 6.10 Å². The van der Waals surface area contributed by atoms with Crippen LogP contribution in [0.2, 0.25) is 0 Å². The smallest absolute Gasteiger partial charge is 0.102 e. The number of nitrogen functional groups attached to an aromatic ring is 1. The van der Waals surface area contributed by atoms with Crippen LogP contribution in [0.25, 0.3) is 10.9 Å². The van der Waals surface area contributed by atoms with Crippen molar-refractivity contribution in [1.82, 2.24) is 9.78 Å². The Morgan fingerprint density at radius 1 is 1.24 bits per heavy atom. The van der Waals surface area contributed by atoms with Gasteiger partial charge in [-0.2, -0.15) is 5.10 Å². The topological polar surface area (TPSA) is 53.1 Å². The minimum absolute atomic E-state index is 0.0551. The molecule has 0 radical (unpaired) electrons. The second-order valence-electron chi connectivity index (χ2n) is 5.45. The van der Waals surface area contributed by atoms with E-state index >= 15 is 0 Å². The fraction of sp³-hybridized carbons (Fsp3) is 0.235. The molecule has 1 unspecified atom stereocenters. The summed E-state index contributed by atoms with van der Waals surface area (Å²) >= 11 is 0. The van der Waals surface area contributed by atoms with Gasteiger partial charge < -0.3 is 10.5 Å². The largest absolute Gasteiger partial charge is 0.399 e. The Morgan fingerprint density at radius 3 is 3.10 bits per heavy atom. The van der Waals surface area contributed by atoms with E-state index in [2.05, 4.69) is 29.4 Å². The maximum Gasteiger partial charge on any atom is 0.102 e. The summed E-state index contributed by atoms with van der Waals surface area (Å²) in [5, 5.41) is 5.59. The molecule has 1 atom stereocenters. The molecule has 1 aromatic heterocycles. The number of hydrogen-bond donors (Lipinski definition) is 1. The molecule has 4 rings (SSSR count). The quantitative estimate of drug-likeness (QED) is 0.734. The second-order valence-corrected chi connectivity index (χ2v) is 5.45. The highest BCUT2D eigenvalue weighted by molar-refractivity contribution is 5.81. The first kappa shape index (κ1) is 12.4. The van der Waals surface area contributed by atoms with Crippen molar-refractivity contribution in [3.05, 3.63) is 59.8 Å². The van der Waals surface area contributed by atoms with Crippen LogP contribution in [0.4, 0.5) is 5.69 Å². The van der Waals surface area contributed by atoms with Crippen LogP contribution in [0.15, 0.2) is 48.7 Å². The van der Waals surface area contributed by atoms with Crippen LogP contribution in [0.3, 0.4) is 0 Å². The van der Waals surface area contributed by atoms with E-state index < -0.39 is 0 Å². The monoisotopic (exact) mass is 279 g/mol. The zero-order chi connectivity index (χ0) is 14.2. The van der Waals surface area contributed by atoms with E-state index in [-0.39, 0.29) is 6.10 Å². The van der Waals surface area contributed by atoms with Crippen LogP contribution in [-0.2, 0) is 17.7 Å². The minimum Gasteiger partial charge on any atom is -0.399 e. The fourth-order valence-corrected chi connectivity index (χ4v) is 3.02. The molecule has 0 spiro atoms. The third kappa shape index (κ3) is 2.17. The number of nitrogens with zero attached hydrogens (tertiary/aromatic N) is 2. The number of ether oxygens (including phenoxy) is 1. The van der Waals surface area contributed by atoms with Gasteiger partial charge in [-0.3, -0.25) is 4.68 Å². The zero-order valence-electron chi connectivity index (χ0n) is 11.7. The highest BCUT2D eigenvalue weighted by Gasteiger charge is 2.21. The SMILES string of the molecule is Nc1ccc2cnn(CC3OCCc4ccccc43)c2c1. The maximum atomic E-state index is 5.96. The average molecular weight is 279 g/mol. The molecule has 3 aromatic rings. The van der Waals surface area contributed by atoms with Gasteiger partial charge in [0, 0.05) is 11.1 Å². The molecule has 21 heavy (non-hydrogen) atoms. The molecule has 4 heteroatoms. The van der Waals surface area contributed by atoms with E-state index in [0.29, 0.717) is 6.54 Å². The van der Waals surface area contributed by atoms with Crippen LogP contribution < -0.4 is 5.73 Å². The van der Waals surface area contributed by atoms with Gasteiger partial charge in [-0.25, -0.2) is 0 Å². The first-order valence-corrected chi connectivity index (χ1v) is 7.22. The van der Waals surface area contributed by atoms with E-state index in [1.165, 1.54) is 11.1 Å². The normalized spacial score (nSPS) is 17.8. The summed E-state index contributed by atoms with van der Waals surface area (Å²) in [4.78, 5) is 0. The van der Waals surface area contributed by atoms with Crippen LogP contribution >= 0.6 is 0 Å². The van der Waals surface area contributed by atoms with Crippen molar-refractivity contribution < 1.29 is 4.74 Å². The summed E-state index contributed by atoms with van der Waals surface area (Å²) in [5.74, 6) is 0. The molecule has 4 nitrogen and oxygen atoms in total. The molecule has 2 heterocycles. The van der Waals surface area contributed by atoms with E-state index in [1.807, 2.05) is 29.1 Å². The molecular weight excluding hydrogens is 262 g/mol. The van der Waals surface area contributed by atoms with Crippen LogP contribution in [0, 0.1) is 0 Å². The van der Waals surface area contributed by atoms with Crippen molar-refractivity contribution in [2.45, 2.75) is 19.1 Å². The molecule has 2 N–H and O–H groups in total. The predicted molar refractivity (Wildman–Crippen MR) is 83.0 cm³/mol. The van der Waals surface area contributed by atoms with Gasteiger partial charge in [-0.15, -0.1) is 0 Å². The lowest BCUT2D eigenvalue weighted by atomic mass is 9.97. The van der Waals surface area contributed by atoms with Gasteiger partial charge >= 0.3 is 0 Å². The van der Waals surface area contributed by atoms with Crippen molar-refractivity contribution in [1.29, 1.82) is 0 Å². The molecule has 2 aromatic carbocycles. The number of nitrogens with two attached hydrogens (primary N) is 1. The van der Waals surface area contributed by atoms with Gasteiger partial charge in [0.25, 0.3) is 0 Å². The molecule has 0 fully saturated rings. The molecule has 106 valence electrons. The predicted octanol–water partition coefficient (Wildman–Crippen LogP) is 2.93. The van der Waals surface area contributed by atoms with Crippen molar-refractivity contribution in [2.75, 3.05) is 12.3 Å². The van der Waals surface area contributed by atoms with Gasteiger partial charge in [-0.1, -0.05) is 24.3 Å². The van der Waals surface area contributed by atoms with E-state index in [9.17, 15) is 0 Å². The summed E-state index contributed by atoms with van der Waals surface area (Å²) in [5.41, 5.74) is 10.4. The first-order chi connectivity index (χ1) is 10.3. The third-order valence-electron chi connectivity index (χ3n) is 4.10. The molecule has 0 saturated heterocycles. The minimum atomic E-state index is 0.0551. The zero-order valence-corrected chi connectivity index (χ0v) is 11.7. The lowest BCUT2D eigenvalue weighted by Crippen LogP contribution is -2.21. The number of benzene rings is 2. The molecule has 0 saturated carbocycles. The third-order valence-corrected chi connectivity index (χ3v) is 4.10. The van der Waals surface area contributed by atoms with Crippen LogP contribution in [-0.4, -0.2) is 16.4 Å². The first-order valence-electron chi connectivity index (χ1n) is 7.22. The van der Waals surface area contributed by atoms with Gasteiger partial charge in [-0.05, 0) is 35.7 Å². The maximum absolute atomic E-state index is 5.96. The second kappa shape index (κ2) is 4.90. The standard InChI is InChI=1S/C17H17N3O/c18-14-6-5-13-10-19-20(16(13)9-14)11-17-15-4-2-1-3-12(15)7-8-21-17/h1-6,9-10,17H,7-8,11,18H2. The summed E-state index contributed by atoms with van der Waals surface area (Å²) in [6, 6.07) is 14.4. The summed E-state index contributed by atoms with van der Waals surface area (Å²) in [6.45, 7) is 1.48. The molecule has 0 bridgehead atoms. The van der Waals surface area contributed by atoms with Crippen LogP contribution in [0.5, 0.6) is 0 Å². The highest BCUT2D eigenvalue weighted by atomic mass is 16.5. The van der Waals surface area contributed by atoms with Gasteiger partial charge in [0.2, 0.25) is 0 Å². The summed E-state index contributed by atoms with van der Waals surface area (Å²) in [7, 11) is 0. The van der Waals surface area contributed by atoms with Gasteiger partial charge in [0.15, 0.2) is 0 Å². The molecule has 0 amide bonds. The van der Waals surface area contributed by atoms with E-state index in [4.69, 9.17) is 10.5 Å². The highest BCUT2D eigenvalue weighted by Crippen LogP contribution is 2.29. The number of rotatable bonds is 2. The molecule has 0 aliphatic carbocycles. The van der Waals surface area contributed by atoms with E-state index in [1.54, 1.807) is 0 Å². The van der Waals surface area contributed by atoms with Gasteiger partial charge in [0.05, 0.1) is 24.9 Å². The molecule has 1 aliphatic rings. The number of fused-ring (bicyclic) bond motifs is 2. The van der Waals surface area contributed by atoms with Crippen molar-refractivity contribution in [2.24, 2.45) is 0 Å². The number of anilines is 1. The lowest BCUT2D eigenvalue weighted by Gasteiger charge is -2.26. The Hall–Kier alpha value is -2.33. The van der Waals surface area contributed by atoms with Crippen molar-refractivity contribution in [3.8, 4) is 0 Å². The van der Waals surface area contributed by atoms with Crippen molar-refractivity contribution >= 4 is 16.6 Å². The summed E-state index contributed by atoms with van der Waals surface area (Å²) < 4.78 is 7.95. The van der Waals surface area contributed by atoms with E-state index in [0.717, 1.165) is 29.6 Å². The van der Waals surface area contributed by atoms with Crippen molar-refractivity contribution in [3.63, 3.8) is 0 Å².